The standard InChI is InChI=1S/C17H32O/c1-4-5-6-7-9-12-16(2)13-10-8-11-14-17(3)15-18/h7-9,11,16-18H,4-6,10,12-15H2,1-3H3/b9-7+,11-8+. The van der Waals surface area contributed by atoms with Crippen LogP contribution in [0.5, 0.6) is 0 Å². The zero-order chi connectivity index (χ0) is 13.6. The second kappa shape index (κ2) is 12.9. The molecule has 1 nitrogen and oxygen atoms in total. The predicted molar refractivity (Wildman–Crippen MR) is 81.7 cm³/mol. The van der Waals surface area contributed by atoms with Crippen LogP contribution < -0.4 is 0 Å². The monoisotopic (exact) mass is 252 g/mol. The molecule has 0 aliphatic heterocycles. The molecule has 0 bridgehead atoms. The third-order valence-electron chi connectivity index (χ3n) is 3.27. The first-order valence-electron chi connectivity index (χ1n) is 7.61. The van der Waals surface area contributed by atoms with E-state index in [1.54, 1.807) is 0 Å². The van der Waals surface area contributed by atoms with E-state index >= 15 is 0 Å². The highest BCUT2D eigenvalue weighted by Crippen LogP contribution is 2.12. The Morgan fingerprint density at radius 1 is 0.889 bits per heavy atom. The highest BCUT2D eigenvalue weighted by molar-refractivity contribution is 4.86. The number of hydrogen-bond donors (Lipinski definition) is 1. The molecule has 0 rings (SSSR count). The molecule has 0 aromatic rings. The summed E-state index contributed by atoms with van der Waals surface area (Å²) < 4.78 is 0. The van der Waals surface area contributed by atoms with Crippen molar-refractivity contribution in [2.24, 2.45) is 11.8 Å². The molecule has 0 aliphatic carbocycles. The molecule has 0 aromatic heterocycles. The van der Waals surface area contributed by atoms with Crippen LogP contribution in [0, 0.1) is 11.8 Å². The van der Waals surface area contributed by atoms with Gasteiger partial charge in [0.05, 0.1) is 0 Å². The Labute approximate surface area is 114 Å². The Hall–Kier alpha value is -0.560. The van der Waals surface area contributed by atoms with Crippen molar-refractivity contribution < 1.29 is 5.11 Å². The summed E-state index contributed by atoms with van der Waals surface area (Å²) in [6, 6.07) is 0. The van der Waals surface area contributed by atoms with E-state index in [1.165, 1.54) is 38.5 Å². The number of unbranched alkanes of at least 4 members (excludes halogenated alkanes) is 2. The molecule has 2 unspecified atom stereocenters. The minimum Gasteiger partial charge on any atom is -0.396 e. The molecule has 1 N–H and O–H groups in total. The van der Waals surface area contributed by atoms with E-state index in [0.717, 1.165) is 12.3 Å². The molecule has 0 heterocycles. The van der Waals surface area contributed by atoms with Crippen molar-refractivity contribution in [3.05, 3.63) is 24.3 Å². The van der Waals surface area contributed by atoms with Crippen LogP contribution in [-0.2, 0) is 0 Å². The van der Waals surface area contributed by atoms with Crippen LogP contribution in [0.2, 0.25) is 0 Å². The van der Waals surface area contributed by atoms with Gasteiger partial charge in [-0.05, 0) is 43.9 Å². The van der Waals surface area contributed by atoms with Gasteiger partial charge in [-0.1, -0.05) is 57.9 Å². The lowest BCUT2D eigenvalue weighted by molar-refractivity contribution is 0.239. The molecule has 0 spiro atoms. The van der Waals surface area contributed by atoms with Crippen molar-refractivity contribution >= 4 is 0 Å². The van der Waals surface area contributed by atoms with E-state index in [-0.39, 0.29) is 0 Å². The molecule has 18 heavy (non-hydrogen) atoms. The lowest BCUT2D eigenvalue weighted by atomic mass is 10.0. The van der Waals surface area contributed by atoms with E-state index in [4.69, 9.17) is 5.11 Å². The molecule has 0 saturated heterocycles. The van der Waals surface area contributed by atoms with Crippen LogP contribution in [0.4, 0.5) is 0 Å². The quantitative estimate of drug-likeness (QED) is 0.400. The summed E-state index contributed by atoms with van der Waals surface area (Å²) in [6.07, 6.45) is 17.7. The number of aliphatic hydroxyl groups excluding tert-OH is 1. The first-order chi connectivity index (χ1) is 8.70. The van der Waals surface area contributed by atoms with E-state index < -0.39 is 0 Å². The lowest BCUT2D eigenvalue weighted by Crippen LogP contribution is -1.97. The van der Waals surface area contributed by atoms with E-state index in [9.17, 15) is 0 Å². The lowest BCUT2D eigenvalue weighted by Gasteiger charge is -2.06. The highest BCUT2D eigenvalue weighted by Gasteiger charge is 1.98. The number of aliphatic hydroxyl groups is 1. The van der Waals surface area contributed by atoms with Crippen LogP contribution in [0.3, 0.4) is 0 Å². The predicted octanol–water partition coefficient (Wildman–Crippen LogP) is 5.11. The minimum atomic E-state index is 0.295. The fourth-order valence-electron chi connectivity index (χ4n) is 1.79. The molecular weight excluding hydrogens is 220 g/mol. The summed E-state index contributed by atoms with van der Waals surface area (Å²) >= 11 is 0. The molecule has 0 aliphatic rings. The second-order valence-electron chi connectivity index (χ2n) is 5.53. The third-order valence-corrected chi connectivity index (χ3v) is 3.27. The van der Waals surface area contributed by atoms with Gasteiger partial charge in [-0.25, -0.2) is 0 Å². The van der Waals surface area contributed by atoms with E-state index in [1.807, 2.05) is 0 Å². The molecule has 0 fully saturated rings. The maximum atomic E-state index is 8.90. The van der Waals surface area contributed by atoms with Gasteiger partial charge in [-0.2, -0.15) is 0 Å². The summed E-state index contributed by atoms with van der Waals surface area (Å²) in [5.41, 5.74) is 0. The van der Waals surface area contributed by atoms with Crippen LogP contribution in [0.25, 0.3) is 0 Å². The van der Waals surface area contributed by atoms with Crippen LogP contribution in [0.15, 0.2) is 24.3 Å². The number of hydrogen-bond acceptors (Lipinski definition) is 1. The van der Waals surface area contributed by atoms with Crippen molar-refractivity contribution in [3.63, 3.8) is 0 Å². The molecular formula is C17H32O. The Morgan fingerprint density at radius 2 is 1.50 bits per heavy atom. The summed E-state index contributed by atoms with van der Waals surface area (Å²) in [5.74, 6) is 1.18. The Bertz CT molecular complexity index is 218. The summed E-state index contributed by atoms with van der Waals surface area (Å²) in [5, 5.41) is 8.90. The van der Waals surface area contributed by atoms with Gasteiger partial charge in [0, 0.05) is 6.61 Å². The van der Waals surface area contributed by atoms with E-state index in [2.05, 4.69) is 45.1 Å². The second-order valence-corrected chi connectivity index (χ2v) is 5.53. The van der Waals surface area contributed by atoms with Gasteiger partial charge in [0.15, 0.2) is 0 Å². The Morgan fingerprint density at radius 3 is 2.11 bits per heavy atom. The van der Waals surface area contributed by atoms with Gasteiger partial charge in [0.1, 0.15) is 0 Å². The van der Waals surface area contributed by atoms with Crippen molar-refractivity contribution in [1.82, 2.24) is 0 Å². The molecule has 0 amide bonds. The average molecular weight is 252 g/mol. The number of allylic oxidation sites excluding steroid dienone is 4. The van der Waals surface area contributed by atoms with Crippen molar-refractivity contribution in [1.29, 1.82) is 0 Å². The summed E-state index contributed by atoms with van der Waals surface area (Å²) in [7, 11) is 0. The average Bonchev–Trinajstić information content (AvgIpc) is 2.37. The Kier molecular flexibility index (Phi) is 12.5. The zero-order valence-electron chi connectivity index (χ0n) is 12.6. The van der Waals surface area contributed by atoms with Gasteiger partial charge >= 0.3 is 0 Å². The fraction of sp³-hybridized carbons (Fsp3) is 0.765. The maximum absolute atomic E-state index is 8.90. The zero-order valence-corrected chi connectivity index (χ0v) is 12.6. The maximum Gasteiger partial charge on any atom is 0.0459 e. The summed E-state index contributed by atoms with van der Waals surface area (Å²) in [4.78, 5) is 0. The van der Waals surface area contributed by atoms with Crippen LogP contribution in [-0.4, -0.2) is 11.7 Å². The van der Waals surface area contributed by atoms with Crippen molar-refractivity contribution in [2.75, 3.05) is 6.61 Å². The van der Waals surface area contributed by atoms with Gasteiger partial charge in [0.2, 0.25) is 0 Å². The number of rotatable bonds is 11. The van der Waals surface area contributed by atoms with Crippen molar-refractivity contribution in [3.8, 4) is 0 Å². The largest absolute Gasteiger partial charge is 0.396 e. The fourth-order valence-corrected chi connectivity index (χ4v) is 1.79. The molecule has 0 radical (unpaired) electrons. The molecule has 1 heteroatoms. The molecule has 2 atom stereocenters. The van der Waals surface area contributed by atoms with E-state index in [0.29, 0.717) is 12.5 Å². The normalized spacial score (nSPS) is 15.6. The minimum absolute atomic E-state index is 0.295. The van der Waals surface area contributed by atoms with Crippen LogP contribution in [0.1, 0.15) is 65.7 Å². The summed E-state index contributed by atoms with van der Waals surface area (Å²) in [6.45, 7) is 6.94. The van der Waals surface area contributed by atoms with Crippen LogP contribution >= 0.6 is 0 Å². The van der Waals surface area contributed by atoms with Gasteiger partial charge in [0.25, 0.3) is 0 Å². The Balaban J connectivity index is 3.46. The van der Waals surface area contributed by atoms with Gasteiger partial charge < -0.3 is 5.11 Å². The van der Waals surface area contributed by atoms with Gasteiger partial charge in [-0.15, -0.1) is 0 Å². The molecule has 106 valence electrons. The van der Waals surface area contributed by atoms with Crippen molar-refractivity contribution in [2.45, 2.75) is 65.7 Å². The highest BCUT2D eigenvalue weighted by atomic mass is 16.3. The smallest absolute Gasteiger partial charge is 0.0459 e. The topological polar surface area (TPSA) is 20.2 Å². The SMILES string of the molecule is CCCC/C=C/CC(C)CC/C=C/CC(C)CO. The van der Waals surface area contributed by atoms with Gasteiger partial charge in [-0.3, -0.25) is 0 Å². The first-order valence-corrected chi connectivity index (χ1v) is 7.61. The molecule has 0 saturated carbocycles. The first kappa shape index (κ1) is 17.4. The molecule has 0 aromatic carbocycles. The third kappa shape index (κ3) is 11.9.